The van der Waals surface area contributed by atoms with E-state index >= 15 is 0 Å². The molecule has 0 amide bonds. The van der Waals surface area contributed by atoms with Gasteiger partial charge in [0.15, 0.2) is 0 Å². The number of nitrogens with two attached hydrogens (primary N) is 1. The molecule has 1 aromatic heterocycles. The molecule has 1 saturated carbocycles. The van der Waals surface area contributed by atoms with E-state index < -0.39 is 0 Å². The number of rotatable bonds is 6. The van der Waals surface area contributed by atoms with Crippen LogP contribution in [0, 0.1) is 41.4 Å². The Labute approximate surface area is 428 Å². The van der Waals surface area contributed by atoms with Crippen LogP contribution in [-0.4, -0.2) is 45.3 Å². The third-order valence-corrected chi connectivity index (χ3v) is 22.4. The van der Waals surface area contributed by atoms with Gasteiger partial charge in [0.1, 0.15) is 11.5 Å². The lowest BCUT2D eigenvalue weighted by Gasteiger charge is -2.48. The summed E-state index contributed by atoms with van der Waals surface area (Å²) in [7, 11) is 0. The molecule has 2 aromatic rings. The second kappa shape index (κ2) is 18.2. The molecular weight excluding hydrogens is 889 g/mol. The third-order valence-electron chi connectivity index (χ3n) is 20.9. The summed E-state index contributed by atoms with van der Waals surface area (Å²) in [5.74, 6) is 6.92. The Bertz CT molecular complexity index is 2700. The van der Waals surface area contributed by atoms with Crippen molar-refractivity contribution in [3.8, 4) is 0 Å². The van der Waals surface area contributed by atoms with Gasteiger partial charge in [-0.1, -0.05) is 79.6 Å². The Morgan fingerprint density at radius 2 is 1.66 bits per heavy atom. The lowest BCUT2D eigenvalue weighted by molar-refractivity contribution is 0.0867. The fraction of sp³-hybridized carbons (Fsp3) is 0.587. The van der Waals surface area contributed by atoms with Crippen molar-refractivity contribution < 1.29 is 4.74 Å². The molecule has 16 atom stereocenters. The Hall–Kier alpha value is -3.79. The monoisotopic (exact) mass is 967 g/mol. The molecule has 5 N–H and O–H groups in total. The van der Waals surface area contributed by atoms with Gasteiger partial charge in [0.2, 0.25) is 0 Å². The minimum absolute atomic E-state index is 0.159. The molecule has 7 nitrogen and oxygen atoms in total. The molecule has 1 aromatic carbocycles. The highest BCUT2D eigenvalue weighted by atomic mass is 32.2. The molecule has 16 unspecified atom stereocenters. The maximum Gasteiger partial charge on any atom is 0.126 e. The van der Waals surface area contributed by atoms with E-state index in [2.05, 4.69) is 128 Å². The standard InChI is InChI=1S/C63H78N6OS/c64-50-35-41(63-66-61(39-16-12-15-38(33-39)37-13-2-1-3-14-37)65-62(67-63)40-26-32-58-49(34-40)45-19-7-11-24-57(45)71-58)25-29-53(50)69-51-21-8-4-17-43(51)46-28-30-54-59(60(46)69)47-20-5-9-22-52(47)68(54)42-27-31-56-48(36-42)44-18-6-10-23-55(44)70-56/h2,7,10-13,15,19,23-24,26,28,30-31,35,37-39,41-43,46,48-49,51,53,58,60-63,65-67H,1,3-6,8-9,14,16-18,20-22,25,27,29,32-34,36,64H2. The largest absolute Gasteiger partial charge is 0.461 e. The summed E-state index contributed by atoms with van der Waals surface area (Å²) in [4.78, 5) is 4.60. The first-order valence-corrected chi connectivity index (χ1v) is 30.0. The van der Waals surface area contributed by atoms with Gasteiger partial charge in [-0.25, -0.2) is 0 Å². The van der Waals surface area contributed by atoms with Gasteiger partial charge in [-0.15, -0.1) is 11.8 Å². The number of ether oxygens (including phenoxy) is 1. The van der Waals surface area contributed by atoms with Crippen molar-refractivity contribution in [1.29, 1.82) is 0 Å². The maximum atomic E-state index is 7.71. The fourth-order valence-corrected chi connectivity index (χ4v) is 19.1. The number of benzene rings is 1. The molecular formula is C63H78N6OS. The van der Waals surface area contributed by atoms with E-state index in [9.17, 15) is 0 Å². The number of nitrogens with one attached hydrogen (secondary N) is 3. The molecule has 3 fully saturated rings. The zero-order valence-electron chi connectivity index (χ0n) is 42.0. The first-order chi connectivity index (χ1) is 35.1. The highest BCUT2D eigenvalue weighted by molar-refractivity contribution is 8.00. The van der Waals surface area contributed by atoms with E-state index in [0.29, 0.717) is 70.7 Å². The second-order valence-corrected chi connectivity index (χ2v) is 25.8. The molecule has 5 heterocycles. The lowest BCUT2D eigenvalue weighted by atomic mass is 9.74. The predicted octanol–water partition coefficient (Wildman–Crippen LogP) is 12.7. The number of aromatic nitrogens is 1. The van der Waals surface area contributed by atoms with Crippen LogP contribution >= 0.6 is 11.8 Å². The molecule has 2 saturated heterocycles. The summed E-state index contributed by atoms with van der Waals surface area (Å²) >= 11 is 2.12. The smallest absolute Gasteiger partial charge is 0.126 e. The van der Waals surface area contributed by atoms with Crippen LogP contribution in [0.1, 0.15) is 168 Å². The molecule has 71 heavy (non-hydrogen) atoms. The van der Waals surface area contributed by atoms with E-state index in [4.69, 9.17) is 10.5 Å². The van der Waals surface area contributed by atoms with Gasteiger partial charge in [-0.05, 0) is 198 Å². The van der Waals surface area contributed by atoms with Crippen molar-refractivity contribution in [2.45, 2.75) is 194 Å². The Morgan fingerprint density at radius 1 is 0.746 bits per heavy atom. The minimum Gasteiger partial charge on any atom is -0.461 e. The van der Waals surface area contributed by atoms with Crippen LogP contribution in [0.3, 0.4) is 0 Å². The molecule has 8 heteroatoms. The number of allylic oxidation sites excluding steroid dienone is 9. The van der Waals surface area contributed by atoms with E-state index in [-0.39, 0.29) is 24.5 Å². The van der Waals surface area contributed by atoms with E-state index in [1.807, 2.05) is 0 Å². The van der Waals surface area contributed by atoms with E-state index in [1.165, 1.54) is 94.1 Å². The van der Waals surface area contributed by atoms with Crippen LogP contribution in [0.4, 0.5) is 0 Å². The van der Waals surface area contributed by atoms with Crippen molar-refractivity contribution >= 4 is 17.8 Å². The average molecular weight is 967 g/mol. The zero-order chi connectivity index (χ0) is 46.7. The summed E-state index contributed by atoms with van der Waals surface area (Å²) in [5.41, 5.74) is 20.2. The number of hydrogen-bond acceptors (Lipinski definition) is 7. The lowest BCUT2D eigenvalue weighted by Crippen LogP contribution is -2.71. The topological polar surface area (TPSA) is 79.5 Å². The highest BCUT2D eigenvalue weighted by Gasteiger charge is 2.55. The van der Waals surface area contributed by atoms with Gasteiger partial charge in [0, 0.05) is 75.1 Å². The van der Waals surface area contributed by atoms with Crippen molar-refractivity contribution in [1.82, 2.24) is 25.4 Å². The molecule has 0 radical (unpaired) electrons. The first-order valence-electron chi connectivity index (χ1n) is 29.1. The maximum absolute atomic E-state index is 7.71. The van der Waals surface area contributed by atoms with Gasteiger partial charge >= 0.3 is 0 Å². The molecule has 4 aliphatic heterocycles. The number of hydrogen-bond donors (Lipinski definition) is 4. The Balaban J connectivity index is 0.739. The van der Waals surface area contributed by atoms with Gasteiger partial charge < -0.3 is 15.0 Å². The van der Waals surface area contributed by atoms with Crippen LogP contribution in [0.15, 0.2) is 118 Å². The normalized spacial score (nSPS) is 41.0. The van der Waals surface area contributed by atoms with Gasteiger partial charge in [-0.3, -0.25) is 20.9 Å². The molecule has 0 spiro atoms. The van der Waals surface area contributed by atoms with Gasteiger partial charge in [-0.2, -0.15) is 0 Å². The van der Waals surface area contributed by atoms with Crippen LogP contribution in [-0.2, 0) is 17.6 Å². The van der Waals surface area contributed by atoms with Crippen molar-refractivity contribution in [2.24, 2.45) is 47.2 Å². The number of likely N-dealkylation sites (tertiary alicyclic amines) is 1. The summed E-state index contributed by atoms with van der Waals surface area (Å²) in [6.07, 6.45) is 54.2. The molecule has 13 aliphatic rings. The Kier molecular flexibility index (Phi) is 11.5. The molecule has 15 rings (SSSR count). The molecule has 9 aliphatic carbocycles. The van der Waals surface area contributed by atoms with Crippen molar-refractivity contribution in [3.05, 3.63) is 141 Å². The van der Waals surface area contributed by atoms with Gasteiger partial charge in [0.05, 0.1) is 18.5 Å². The SMILES string of the molecule is NC1=CC(C2NC(C3=CCC4Sc5ccccc5C4C3)NC(C3CC=CC(C4C=CCCC4)C3)N2)CCC1N1C2CCCCC2C2C=Cc3c(c4c(n3C3CC=C5OC6=C(CCC=C6)C5C3)CCCC4)C21. The van der Waals surface area contributed by atoms with Crippen molar-refractivity contribution in [3.63, 3.8) is 0 Å². The summed E-state index contributed by atoms with van der Waals surface area (Å²) < 4.78 is 9.43. The van der Waals surface area contributed by atoms with Crippen LogP contribution in [0.5, 0.6) is 0 Å². The van der Waals surface area contributed by atoms with Crippen LogP contribution < -0.4 is 21.7 Å². The summed E-state index contributed by atoms with van der Waals surface area (Å²) in [5, 5.41) is 13.5. The average Bonchev–Trinajstić information content (AvgIpc) is 4.18. The van der Waals surface area contributed by atoms with Crippen LogP contribution in [0.25, 0.3) is 6.08 Å². The number of nitrogens with zero attached hydrogens (tertiary/aromatic N) is 2. The molecule has 372 valence electrons. The van der Waals surface area contributed by atoms with E-state index in [0.717, 1.165) is 62.8 Å². The minimum atomic E-state index is 0.159. The van der Waals surface area contributed by atoms with Crippen LogP contribution in [0.2, 0.25) is 0 Å². The highest BCUT2D eigenvalue weighted by Crippen LogP contribution is 2.59. The predicted molar refractivity (Wildman–Crippen MR) is 288 cm³/mol. The van der Waals surface area contributed by atoms with E-state index in [1.54, 1.807) is 39.2 Å². The van der Waals surface area contributed by atoms with Gasteiger partial charge in [0.25, 0.3) is 0 Å². The first kappa shape index (κ1) is 44.7. The third kappa shape index (κ3) is 7.55. The number of thioether (sulfide) groups is 1. The number of fused-ring (bicyclic) bond motifs is 12. The Morgan fingerprint density at radius 3 is 2.61 bits per heavy atom. The second-order valence-electron chi connectivity index (χ2n) is 24.5. The fourth-order valence-electron chi connectivity index (χ4n) is 17.7. The zero-order valence-corrected chi connectivity index (χ0v) is 42.9. The molecule has 0 bridgehead atoms. The summed E-state index contributed by atoms with van der Waals surface area (Å²) in [6, 6.07) is 11.0. The van der Waals surface area contributed by atoms with Crippen molar-refractivity contribution in [2.75, 3.05) is 0 Å². The quantitative estimate of drug-likeness (QED) is 0.215. The summed E-state index contributed by atoms with van der Waals surface area (Å²) in [6.45, 7) is 0.